The number of hydrogen-bond acceptors (Lipinski definition) is 4. The number of benzene rings is 1. The standard InChI is InChI=1S/C18H14N4O2/c23-17-10-14(12-24-16-8-4-5-9-19-16)21-18-15(11-20-22(17)18)13-6-2-1-3-7-13/h1-11,20H,12H2. The summed E-state index contributed by atoms with van der Waals surface area (Å²) in [6, 6.07) is 16.7. The molecule has 0 unspecified atom stereocenters. The Morgan fingerprint density at radius 3 is 2.71 bits per heavy atom. The van der Waals surface area contributed by atoms with Crippen LogP contribution in [-0.4, -0.2) is 19.6 Å². The molecule has 3 aromatic heterocycles. The third-order valence-electron chi connectivity index (χ3n) is 3.64. The molecule has 0 saturated heterocycles. The minimum atomic E-state index is -0.179. The van der Waals surface area contributed by atoms with Crippen LogP contribution >= 0.6 is 0 Å². The van der Waals surface area contributed by atoms with E-state index < -0.39 is 0 Å². The molecule has 6 nitrogen and oxygen atoms in total. The molecule has 0 aliphatic heterocycles. The van der Waals surface area contributed by atoms with E-state index in [0.29, 0.717) is 17.2 Å². The lowest BCUT2D eigenvalue weighted by molar-refractivity contribution is 0.289. The van der Waals surface area contributed by atoms with Gasteiger partial charge >= 0.3 is 0 Å². The van der Waals surface area contributed by atoms with Crippen molar-refractivity contribution in [2.24, 2.45) is 0 Å². The van der Waals surface area contributed by atoms with Crippen molar-refractivity contribution in [2.45, 2.75) is 6.61 Å². The van der Waals surface area contributed by atoms with Crippen molar-refractivity contribution < 1.29 is 4.74 Å². The minimum Gasteiger partial charge on any atom is -0.471 e. The van der Waals surface area contributed by atoms with Crippen molar-refractivity contribution >= 4 is 5.65 Å². The van der Waals surface area contributed by atoms with Crippen LogP contribution in [0, 0.1) is 0 Å². The number of pyridine rings is 1. The summed E-state index contributed by atoms with van der Waals surface area (Å²) in [6.07, 6.45) is 3.43. The number of aromatic nitrogens is 4. The largest absolute Gasteiger partial charge is 0.471 e. The quantitative estimate of drug-likeness (QED) is 0.628. The Hall–Kier alpha value is -3.41. The average molecular weight is 318 g/mol. The van der Waals surface area contributed by atoms with Crippen molar-refractivity contribution in [3.05, 3.63) is 83.0 Å². The molecule has 4 aromatic rings. The van der Waals surface area contributed by atoms with Crippen molar-refractivity contribution in [1.82, 2.24) is 19.6 Å². The summed E-state index contributed by atoms with van der Waals surface area (Å²) in [4.78, 5) is 20.9. The number of aromatic amines is 1. The van der Waals surface area contributed by atoms with Crippen molar-refractivity contribution in [1.29, 1.82) is 0 Å². The van der Waals surface area contributed by atoms with Crippen LogP contribution < -0.4 is 10.3 Å². The first kappa shape index (κ1) is 14.2. The van der Waals surface area contributed by atoms with Gasteiger partial charge in [0.2, 0.25) is 5.88 Å². The van der Waals surface area contributed by atoms with Gasteiger partial charge in [0, 0.05) is 30.1 Å². The number of nitrogens with one attached hydrogen (secondary N) is 1. The van der Waals surface area contributed by atoms with Gasteiger partial charge in [-0.25, -0.2) is 14.5 Å². The summed E-state index contributed by atoms with van der Waals surface area (Å²) < 4.78 is 7.01. The molecular formula is C18H14N4O2. The third-order valence-corrected chi connectivity index (χ3v) is 3.64. The van der Waals surface area contributed by atoms with Gasteiger partial charge in [-0.2, -0.15) is 0 Å². The average Bonchev–Trinajstić information content (AvgIpc) is 3.06. The van der Waals surface area contributed by atoms with Gasteiger partial charge in [-0.3, -0.25) is 9.89 Å². The number of fused-ring (bicyclic) bond motifs is 1. The Kier molecular flexibility index (Phi) is 3.55. The first-order valence-corrected chi connectivity index (χ1v) is 7.50. The molecule has 4 rings (SSSR count). The molecule has 0 aliphatic rings. The summed E-state index contributed by atoms with van der Waals surface area (Å²) >= 11 is 0. The summed E-state index contributed by atoms with van der Waals surface area (Å²) in [6.45, 7) is 0.183. The normalized spacial score (nSPS) is 10.8. The van der Waals surface area contributed by atoms with Crippen LogP contribution in [0.25, 0.3) is 16.8 Å². The Morgan fingerprint density at radius 1 is 1.08 bits per heavy atom. The zero-order valence-corrected chi connectivity index (χ0v) is 12.7. The predicted molar refractivity (Wildman–Crippen MR) is 89.8 cm³/mol. The SMILES string of the molecule is O=c1cc(COc2ccccn2)nc2c(-c3ccccc3)c[nH]n12. The minimum absolute atomic E-state index is 0.179. The van der Waals surface area contributed by atoms with Gasteiger partial charge in [-0.1, -0.05) is 36.4 Å². The number of ether oxygens (including phenoxy) is 1. The second-order valence-corrected chi connectivity index (χ2v) is 5.25. The molecule has 0 atom stereocenters. The van der Waals surface area contributed by atoms with Gasteiger partial charge in [-0.15, -0.1) is 0 Å². The van der Waals surface area contributed by atoms with E-state index in [1.54, 1.807) is 18.5 Å². The molecular weight excluding hydrogens is 304 g/mol. The fourth-order valence-corrected chi connectivity index (χ4v) is 2.51. The molecule has 0 radical (unpaired) electrons. The van der Waals surface area contributed by atoms with E-state index in [4.69, 9.17) is 4.74 Å². The highest BCUT2D eigenvalue weighted by Gasteiger charge is 2.11. The Balaban J connectivity index is 1.72. The van der Waals surface area contributed by atoms with Gasteiger partial charge in [0.1, 0.15) is 6.61 Å². The number of nitrogens with zero attached hydrogens (tertiary/aromatic N) is 3. The smallest absolute Gasteiger partial charge is 0.273 e. The van der Waals surface area contributed by atoms with Gasteiger partial charge in [-0.05, 0) is 11.6 Å². The second kappa shape index (κ2) is 6.00. The summed E-state index contributed by atoms with van der Waals surface area (Å²) in [7, 11) is 0. The van der Waals surface area contributed by atoms with Gasteiger partial charge in [0.05, 0.1) is 5.69 Å². The Bertz CT molecular complexity index is 1020. The maximum Gasteiger partial charge on any atom is 0.273 e. The van der Waals surface area contributed by atoms with E-state index in [2.05, 4.69) is 15.1 Å². The van der Waals surface area contributed by atoms with E-state index in [1.165, 1.54) is 10.6 Å². The molecule has 0 amide bonds. The lowest BCUT2D eigenvalue weighted by atomic mass is 10.1. The van der Waals surface area contributed by atoms with Crippen LogP contribution in [0.4, 0.5) is 0 Å². The van der Waals surface area contributed by atoms with Crippen LogP contribution in [0.3, 0.4) is 0 Å². The van der Waals surface area contributed by atoms with E-state index in [9.17, 15) is 4.79 Å². The van der Waals surface area contributed by atoms with Gasteiger partial charge in [0.15, 0.2) is 5.65 Å². The molecule has 0 fully saturated rings. The van der Waals surface area contributed by atoms with Crippen LogP contribution in [0.15, 0.2) is 71.8 Å². The van der Waals surface area contributed by atoms with E-state index in [0.717, 1.165) is 11.1 Å². The summed E-state index contributed by atoms with van der Waals surface area (Å²) in [5.41, 5.74) is 2.82. The monoisotopic (exact) mass is 318 g/mol. The summed E-state index contributed by atoms with van der Waals surface area (Å²) in [5, 5.41) is 2.94. The van der Waals surface area contributed by atoms with Crippen molar-refractivity contribution in [3.63, 3.8) is 0 Å². The molecule has 1 N–H and O–H groups in total. The highest BCUT2D eigenvalue weighted by Crippen LogP contribution is 2.22. The van der Waals surface area contributed by atoms with E-state index >= 15 is 0 Å². The van der Waals surface area contributed by atoms with Crippen LogP contribution in [0.5, 0.6) is 5.88 Å². The first-order valence-electron chi connectivity index (χ1n) is 7.50. The summed E-state index contributed by atoms with van der Waals surface area (Å²) in [5.74, 6) is 0.497. The first-order chi connectivity index (χ1) is 11.8. The molecule has 0 bridgehead atoms. The Labute approximate surface area is 137 Å². The Morgan fingerprint density at radius 2 is 1.92 bits per heavy atom. The van der Waals surface area contributed by atoms with Gasteiger partial charge < -0.3 is 4.74 Å². The second-order valence-electron chi connectivity index (χ2n) is 5.25. The molecule has 0 aliphatic carbocycles. The lowest BCUT2D eigenvalue weighted by Gasteiger charge is -2.05. The van der Waals surface area contributed by atoms with E-state index in [-0.39, 0.29) is 12.2 Å². The number of H-pyrrole nitrogens is 1. The highest BCUT2D eigenvalue weighted by atomic mass is 16.5. The fourth-order valence-electron chi connectivity index (χ4n) is 2.51. The van der Waals surface area contributed by atoms with Crippen LogP contribution in [0.2, 0.25) is 0 Å². The van der Waals surface area contributed by atoms with Crippen molar-refractivity contribution in [2.75, 3.05) is 0 Å². The highest BCUT2D eigenvalue weighted by molar-refractivity contribution is 5.76. The predicted octanol–water partition coefficient (Wildman–Crippen LogP) is 2.66. The molecule has 6 heteroatoms. The molecule has 118 valence electrons. The molecule has 1 aromatic carbocycles. The lowest BCUT2D eigenvalue weighted by Crippen LogP contribution is -2.16. The zero-order valence-electron chi connectivity index (χ0n) is 12.7. The number of hydrogen-bond donors (Lipinski definition) is 1. The third kappa shape index (κ3) is 2.65. The van der Waals surface area contributed by atoms with Crippen LogP contribution in [0.1, 0.15) is 5.69 Å². The fraction of sp³-hybridized carbons (Fsp3) is 0.0556. The molecule has 0 spiro atoms. The molecule has 3 heterocycles. The maximum atomic E-state index is 12.3. The van der Waals surface area contributed by atoms with E-state index in [1.807, 2.05) is 42.5 Å². The van der Waals surface area contributed by atoms with Gasteiger partial charge in [0.25, 0.3) is 5.56 Å². The maximum absolute atomic E-state index is 12.3. The molecule has 0 saturated carbocycles. The topological polar surface area (TPSA) is 72.3 Å². The zero-order chi connectivity index (χ0) is 16.4. The number of rotatable bonds is 4. The molecule has 24 heavy (non-hydrogen) atoms. The van der Waals surface area contributed by atoms with Crippen LogP contribution in [-0.2, 0) is 6.61 Å². The van der Waals surface area contributed by atoms with Crippen molar-refractivity contribution in [3.8, 4) is 17.0 Å².